The molecule has 0 aliphatic heterocycles. The summed E-state index contributed by atoms with van der Waals surface area (Å²) in [5.41, 5.74) is 3.97. The molecule has 1 amide bonds. The highest BCUT2D eigenvalue weighted by Crippen LogP contribution is 2.34. The van der Waals surface area contributed by atoms with Gasteiger partial charge in [0.25, 0.3) is 5.91 Å². The Morgan fingerprint density at radius 1 is 1.17 bits per heavy atom. The third-order valence-corrected chi connectivity index (χ3v) is 5.02. The van der Waals surface area contributed by atoms with Crippen LogP contribution in [0.1, 0.15) is 41.7 Å². The molecule has 1 saturated carbocycles. The predicted octanol–water partition coefficient (Wildman–Crippen LogP) is 4.92. The summed E-state index contributed by atoms with van der Waals surface area (Å²) in [6.45, 7) is 5.34. The Labute approximate surface area is 183 Å². The van der Waals surface area contributed by atoms with Crippen LogP contribution in [0.15, 0.2) is 30.0 Å². The first-order valence-corrected chi connectivity index (χ1v) is 10.3. The molecule has 156 valence electrons. The first-order valence-electron chi connectivity index (χ1n) is 9.08. The second kappa shape index (κ2) is 11.8. The number of rotatable bonds is 4. The molecule has 3 heterocycles. The molecule has 1 aliphatic carbocycles. The van der Waals surface area contributed by atoms with Crippen molar-refractivity contribution in [2.75, 3.05) is 12.4 Å². The van der Waals surface area contributed by atoms with Gasteiger partial charge in [-0.3, -0.25) is 15.1 Å². The van der Waals surface area contributed by atoms with E-state index in [-0.39, 0.29) is 5.91 Å². The zero-order chi connectivity index (χ0) is 21.9. The smallest absolute Gasteiger partial charge is 0.259 e. The number of ether oxygens (including phenoxy) is 1. The lowest BCUT2D eigenvalue weighted by Gasteiger charge is -2.13. The number of halogens is 1. The summed E-state index contributed by atoms with van der Waals surface area (Å²) < 4.78 is 5.34. The van der Waals surface area contributed by atoms with Gasteiger partial charge in [0.15, 0.2) is 0 Å². The van der Waals surface area contributed by atoms with Gasteiger partial charge in [-0.25, -0.2) is 10.2 Å². The summed E-state index contributed by atoms with van der Waals surface area (Å²) in [5.74, 6) is 0.166. The van der Waals surface area contributed by atoms with Crippen molar-refractivity contribution in [3.05, 3.63) is 46.4 Å². The maximum absolute atomic E-state index is 12.6. The molecule has 0 saturated heterocycles. The van der Waals surface area contributed by atoms with Gasteiger partial charge in [-0.15, -0.1) is 10.2 Å². The quantitative estimate of drug-likeness (QED) is 0.568. The lowest BCUT2D eigenvalue weighted by Crippen LogP contribution is -2.14. The number of aromatic nitrogens is 4. The summed E-state index contributed by atoms with van der Waals surface area (Å²) in [4.78, 5) is 20.8. The van der Waals surface area contributed by atoms with Crippen LogP contribution in [0.3, 0.4) is 0 Å². The Morgan fingerprint density at radius 2 is 1.87 bits per heavy atom. The lowest BCUT2D eigenvalue weighted by atomic mass is 10.0. The summed E-state index contributed by atoms with van der Waals surface area (Å²) in [7, 11) is 1.53. The predicted molar refractivity (Wildman–Crippen MR) is 117 cm³/mol. The van der Waals surface area contributed by atoms with Gasteiger partial charge in [0.05, 0.1) is 18.9 Å². The van der Waals surface area contributed by atoms with Crippen molar-refractivity contribution < 1.29 is 9.53 Å². The molecule has 3 aromatic heterocycles. The minimum Gasteiger partial charge on any atom is -0.494 e. The lowest BCUT2D eigenvalue weighted by molar-refractivity contribution is 0.102. The molecule has 0 atom stereocenters. The number of carbonyl (C=O) groups excluding carboxylic acids is 1. The molecular weight excluding hydrogens is 424 g/mol. The van der Waals surface area contributed by atoms with Gasteiger partial charge in [-0.2, -0.15) is 0 Å². The Balaban J connectivity index is 0.000000467. The summed E-state index contributed by atoms with van der Waals surface area (Å²) in [6, 6.07) is 3.44. The normalized spacial score (nSPS) is 11.6. The maximum atomic E-state index is 12.6. The largest absolute Gasteiger partial charge is 0.494 e. The number of methoxy groups -OCH3 is 1. The molecule has 0 radical (unpaired) electrons. The number of nitrogens with zero attached hydrogens (tertiary/aromatic N) is 5. The molecule has 1 aliphatic rings. The van der Waals surface area contributed by atoms with E-state index in [9.17, 15) is 4.79 Å². The van der Waals surface area contributed by atoms with Gasteiger partial charge in [-0.1, -0.05) is 48.6 Å². The average Bonchev–Trinajstić information content (AvgIpc) is 3.21. The van der Waals surface area contributed by atoms with Crippen molar-refractivity contribution in [2.45, 2.75) is 32.6 Å². The summed E-state index contributed by atoms with van der Waals surface area (Å²) in [5, 5.41) is 17.4. The highest BCUT2D eigenvalue weighted by Gasteiger charge is 2.18. The molecular formula is C20H21ClN6O2S. The Bertz CT molecular complexity index is 986. The van der Waals surface area contributed by atoms with E-state index in [1.165, 1.54) is 62.0 Å². The number of hydrogen-bond donors (Lipinski definition) is 1. The number of carbonyl (C=O) groups is 1. The van der Waals surface area contributed by atoms with Crippen molar-refractivity contribution in [2.24, 2.45) is 0 Å². The molecule has 10 heteroatoms. The number of hydrogen-bond acceptors (Lipinski definition) is 8. The molecule has 0 bridgehead atoms. The molecule has 0 unspecified atom stereocenters. The van der Waals surface area contributed by atoms with E-state index in [1.54, 1.807) is 12.1 Å². The first-order chi connectivity index (χ1) is 14.6. The number of aryl methyl sites for hydroxylation is 1. The Kier molecular flexibility index (Phi) is 9.12. The molecule has 3 aromatic rings. The van der Waals surface area contributed by atoms with Gasteiger partial charge >= 0.3 is 0 Å². The summed E-state index contributed by atoms with van der Waals surface area (Å²) in [6.07, 6.45) is 9.02. The minimum absolute atomic E-state index is 0.302. The number of nitrogens with one attached hydrogen (secondary N) is 1. The topological polar surface area (TPSA) is 114 Å². The fourth-order valence-corrected chi connectivity index (χ4v) is 2.99. The van der Waals surface area contributed by atoms with Crippen LogP contribution in [0.4, 0.5) is 5.13 Å². The fourth-order valence-electron chi connectivity index (χ4n) is 2.40. The van der Waals surface area contributed by atoms with Crippen LogP contribution in [0.5, 0.6) is 5.75 Å². The maximum Gasteiger partial charge on any atom is 0.259 e. The van der Waals surface area contributed by atoms with E-state index in [4.69, 9.17) is 21.6 Å². The molecule has 4 rings (SSSR count). The van der Waals surface area contributed by atoms with Crippen molar-refractivity contribution >= 4 is 34.0 Å². The summed E-state index contributed by atoms with van der Waals surface area (Å²) >= 11 is 7.24. The van der Waals surface area contributed by atoms with Crippen LogP contribution >= 0.6 is 22.9 Å². The second-order valence-electron chi connectivity index (χ2n) is 6.19. The second-order valence-corrected chi connectivity index (χ2v) is 7.41. The van der Waals surface area contributed by atoms with E-state index < -0.39 is 0 Å². The molecule has 1 N–H and O–H groups in total. The van der Waals surface area contributed by atoms with E-state index in [0.29, 0.717) is 32.7 Å². The number of pyridine rings is 2. The highest BCUT2D eigenvalue weighted by molar-refractivity contribution is 7.13. The van der Waals surface area contributed by atoms with Crippen LogP contribution in [-0.2, 0) is 0 Å². The van der Waals surface area contributed by atoms with Crippen molar-refractivity contribution in [1.29, 1.82) is 5.26 Å². The molecule has 0 spiro atoms. The van der Waals surface area contributed by atoms with Crippen LogP contribution in [0.2, 0.25) is 5.15 Å². The minimum atomic E-state index is -0.343. The van der Waals surface area contributed by atoms with E-state index in [2.05, 4.69) is 32.1 Å². The third kappa shape index (κ3) is 6.20. The SMILES string of the molecule is C#N.C1CCC1.COc1cnc(Cl)cc1-c1cc(C)ncc1C(=O)Nc1nncs1. The highest BCUT2D eigenvalue weighted by atomic mass is 35.5. The van der Waals surface area contributed by atoms with Crippen molar-refractivity contribution in [3.8, 4) is 23.4 Å². The van der Waals surface area contributed by atoms with Gasteiger partial charge in [-0.05, 0) is 19.1 Å². The van der Waals surface area contributed by atoms with Gasteiger partial charge in [0.1, 0.15) is 16.4 Å². The molecule has 1 fully saturated rings. The third-order valence-electron chi connectivity index (χ3n) is 4.21. The number of amides is 1. The first kappa shape index (κ1) is 23.2. The number of anilines is 1. The number of nitriles is 1. The van der Waals surface area contributed by atoms with Crippen LogP contribution in [-0.4, -0.2) is 33.2 Å². The Hall–Kier alpha value is -3.09. The van der Waals surface area contributed by atoms with Gasteiger partial charge in [0.2, 0.25) is 5.13 Å². The average molecular weight is 445 g/mol. The zero-order valence-electron chi connectivity index (χ0n) is 16.6. The van der Waals surface area contributed by atoms with Crippen molar-refractivity contribution in [1.82, 2.24) is 20.2 Å². The van der Waals surface area contributed by atoms with Gasteiger partial charge < -0.3 is 4.74 Å². The van der Waals surface area contributed by atoms with E-state index in [0.717, 1.165) is 5.69 Å². The van der Waals surface area contributed by atoms with Crippen molar-refractivity contribution in [3.63, 3.8) is 0 Å². The van der Waals surface area contributed by atoms with Crippen LogP contribution < -0.4 is 10.1 Å². The van der Waals surface area contributed by atoms with Crippen LogP contribution in [0, 0.1) is 18.8 Å². The van der Waals surface area contributed by atoms with E-state index >= 15 is 0 Å². The molecule has 0 aromatic carbocycles. The fraction of sp³-hybridized carbons (Fsp3) is 0.300. The standard InChI is InChI=1S/C15H12ClN5O2S.C4H8.CHN/c1-8-3-9(10-4-13(16)18-6-12(10)23-2)11(5-17-8)14(22)20-15-21-19-7-24-15;1-2-4-3-1;1-2/h3-7H,1-2H3,(H,20,21,22);1-4H2;1H. The zero-order valence-corrected chi connectivity index (χ0v) is 18.2. The Morgan fingerprint density at radius 3 is 2.43 bits per heavy atom. The monoisotopic (exact) mass is 444 g/mol. The molecule has 30 heavy (non-hydrogen) atoms. The molecule has 8 nitrogen and oxygen atoms in total. The van der Waals surface area contributed by atoms with E-state index in [1.807, 2.05) is 6.92 Å². The van der Waals surface area contributed by atoms with Crippen LogP contribution in [0.25, 0.3) is 11.1 Å². The van der Waals surface area contributed by atoms with Gasteiger partial charge in [0, 0.05) is 29.6 Å².